The molecule has 2 aromatic heterocycles. The topological polar surface area (TPSA) is 128 Å². The summed E-state index contributed by atoms with van der Waals surface area (Å²) in [6, 6.07) is 9.62. The highest BCUT2D eigenvalue weighted by molar-refractivity contribution is 6.30. The molecule has 16 heteroatoms. The Balaban J connectivity index is 1.59. The van der Waals surface area contributed by atoms with Crippen molar-refractivity contribution in [2.24, 2.45) is 0 Å². The molecule has 0 aliphatic carbocycles. The van der Waals surface area contributed by atoms with Crippen molar-refractivity contribution in [1.82, 2.24) is 35.0 Å². The fourth-order valence-electron chi connectivity index (χ4n) is 4.74. The molecular weight excluding hydrogens is 583 g/mol. The van der Waals surface area contributed by atoms with E-state index in [0.717, 1.165) is 4.57 Å². The molecule has 1 aliphatic rings. The van der Waals surface area contributed by atoms with Crippen LogP contribution < -0.4 is 9.47 Å². The van der Waals surface area contributed by atoms with Crippen LogP contribution in [0.3, 0.4) is 0 Å². The number of tetrazole rings is 1. The van der Waals surface area contributed by atoms with Gasteiger partial charge in [0.1, 0.15) is 18.6 Å². The number of hydrogen-bond acceptors (Lipinski definition) is 10. The maximum atomic E-state index is 14.2. The minimum Gasteiger partial charge on any atom is -0.493 e. The van der Waals surface area contributed by atoms with Crippen molar-refractivity contribution in [3.63, 3.8) is 0 Å². The molecule has 0 radical (unpaired) electrons. The third-order valence-electron chi connectivity index (χ3n) is 6.45. The van der Waals surface area contributed by atoms with Gasteiger partial charge < -0.3 is 18.9 Å². The Labute approximate surface area is 242 Å². The maximum Gasteiger partial charge on any atom is 0.452 e. The third-order valence-corrected chi connectivity index (χ3v) is 6.69. The molecule has 0 bridgehead atoms. The van der Waals surface area contributed by atoms with E-state index >= 15 is 0 Å². The zero-order valence-electron chi connectivity index (χ0n) is 22.6. The number of aromatic nitrogens is 7. The van der Waals surface area contributed by atoms with E-state index in [4.69, 9.17) is 30.5 Å². The first kappa shape index (κ1) is 29.3. The van der Waals surface area contributed by atoms with Gasteiger partial charge in [0.05, 0.1) is 33.1 Å². The van der Waals surface area contributed by atoms with Gasteiger partial charge in [-0.1, -0.05) is 23.7 Å². The minimum absolute atomic E-state index is 0.0633. The lowest BCUT2D eigenvalue weighted by molar-refractivity contribution is -0.146. The Bertz CT molecular complexity index is 1590. The number of benzene rings is 2. The molecule has 2 aromatic carbocycles. The van der Waals surface area contributed by atoms with Gasteiger partial charge in [0, 0.05) is 22.6 Å². The summed E-state index contributed by atoms with van der Waals surface area (Å²) in [5, 5.41) is 19.7. The third kappa shape index (κ3) is 5.74. The fourth-order valence-corrected chi connectivity index (χ4v) is 4.92. The van der Waals surface area contributed by atoms with E-state index in [0.29, 0.717) is 22.6 Å². The van der Waals surface area contributed by atoms with Crippen molar-refractivity contribution in [3.8, 4) is 17.2 Å². The molecule has 1 aliphatic heterocycles. The summed E-state index contributed by atoms with van der Waals surface area (Å²) in [6.45, 7) is 1.95. The van der Waals surface area contributed by atoms with Crippen LogP contribution in [0.25, 0.3) is 5.69 Å². The number of esters is 1. The van der Waals surface area contributed by atoms with Gasteiger partial charge in [0.2, 0.25) is 5.82 Å². The molecular formula is C26H25ClF3N7O5. The van der Waals surface area contributed by atoms with Crippen molar-refractivity contribution < 1.29 is 36.9 Å². The molecule has 0 N–H and O–H groups in total. The van der Waals surface area contributed by atoms with Crippen LogP contribution in [0.2, 0.25) is 5.02 Å². The zero-order chi connectivity index (χ0) is 30.0. The van der Waals surface area contributed by atoms with Gasteiger partial charge in [-0.3, -0.25) is 9.36 Å². The van der Waals surface area contributed by atoms with Crippen molar-refractivity contribution in [2.75, 3.05) is 20.8 Å². The minimum atomic E-state index is -4.82. The van der Waals surface area contributed by atoms with Gasteiger partial charge in [-0.05, 0) is 36.4 Å². The quantitative estimate of drug-likeness (QED) is 0.254. The summed E-state index contributed by atoms with van der Waals surface area (Å²) in [4.78, 5) is 13.0. The van der Waals surface area contributed by atoms with E-state index in [9.17, 15) is 18.0 Å². The molecule has 4 aromatic rings. The monoisotopic (exact) mass is 607 g/mol. The molecule has 2 atom stereocenters. The van der Waals surface area contributed by atoms with Crippen LogP contribution in [-0.2, 0) is 33.4 Å². The van der Waals surface area contributed by atoms with Crippen molar-refractivity contribution in [3.05, 3.63) is 70.0 Å². The zero-order valence-corrected chi connectivity index (χ0v) is 23.4. The van der Waals surface area contributed by atoms with E-state index in [-0.39, 0.29) is 48.4 Å². The number of rotatable bonds is 9. The Kier molecular flexibility index (Phi) is 8.31. The second kappa shape index (κ2) is 11.9. The predicted molar refractivity (Wildman–Crippen MR) is 139 cm³/mol. The summed E-state index contributed by atoms with van der Waals surface area (Å²) in [5.41, 5.74) is 0.964. The number of carbonyl (C=O) groups is 1. The average molecular weight is 608 g/mol. The Morgan fingerprint density at radius 2 is 1.90 bits per heavy atom. The molecule has 12 nitrogen and oxygen atoms in total. The highest BCUT2D eigenvalue weighted by Crippen LogP contribution is 2.47. The van der Waals surface area contributed by atoms with Crippen LogP contribution in [0.5, 0.6) is 11.5 Å². The number of fused-ring (bicyclic) bond motifs is 3. The second-order valence-corrected chi connectivity index (χ2v) is 9.51. The normalized spacial score (nSPS) is 16.4. The van der Waals surface area contributed by atoms with E-state index in [1.807, 2.05) is 0 Å². The SMILES string of the molecule is CCOC(=O)Cc1nnn(CC[C@@H]2O[C@@H](c3cccc(OC)c3OC)c3cc(Cl)ccc3-n3c2nnc3C(F)(F)F)n1. The van der Waals surface area contributed by atoms with E-state index in [1.54, 1.807) is 25.1 Å². The number of hydrogen-bond donors (Lipinski definition) is 0. The van der Waals surface area contributed by atoms with Crippen LogP contribution in [0.4, 0.5) is 13.2 Å². The number of methoxy groups -OCH3 is 2. The van der Waals surface area contributed by atoms with Gasteiger partial charge >= 0.3 is 12.1 Å². The molecule has 5 rings (SSSR count). The van der Waals surface area contributed by atoms with Crippen LogP contribution in [0.15, 0.2) is 36.4 Å². The van der Waals surface area contributed by atoms with Crippen molar-refractivity contribution in [1.29, 1.82) is 0 Å². The number of alkyl halides is 3. The van der Waals surface area contributed by atoms with Gasteiger partial charge in [-0.15, -0.1) is 20.4 Å². The van der Waals surface area contributed by atoms with E-state index in [2.05, 4.69) is 25.6 Å². The first-order valence-electron chi connectivity index (χ1n) is 12.8. The van der Waals surface area contributed by atoms with Gasteiger partial charge in [0.15, 0.2) is 23.1 Å². The summed E-state index contributed by atoms with van der Waals surface area (Å²) in [6.07, 6.45) is -6.93. The van der Waals surface area contributed by atoms with Crippen molar-refractivity contribution >= 4 is 17.6 Å². The molecule has 0 saturated carbocycles. The summed E-state index contributed by atoms with van der Waals surface area (Å²) in [7, 11) is 2.93. The average Bonchev–Trinajstić information content (AvgIpc) is 3.57. The highest BCUT2D eigenvalue weighted by Gasteiger charge is 2.43. The number of ether oxygens (including phenoxy) is 4. The van der Waals surface area contributed by atoms with Crippen LogP contribution in [0, 0.1) is 0 Å². The lowest BCUT2D eigenvalue weighted by Gasteiger charge is -2.25. The van der Waals surface area contributed by atoms with Gasteiger partial charge in [-0.2, -0.15) is 18.0 Å². The van der Waals surface area contributed by atoms with Crippen LogP contribution in [0.1, 0.15) is 54.2 Å². The Morgan fingerprint density at radius 3 is 2.62 bits per heavy atom. The molecule has 42 heavy (non-hydrogen) atoms. The Hall–Kier alpha value is -4.24. The second-order valence-electron chi connectivity index (χ2n) is 9.08. The van der Waals surface area contributed by atoms with Crippen LogP contribution >= 0.6 is 11.6 Å². The number of para-hydroxylation sites is 1. The first-order chi connectivity index (χ1) is 20.1. The first-order valence-corrected chi connectivity index (χ1v) is 13.1. The predicted octanol–water partition coefficient (Wildman–Crippen LogP) is 4.30. The van der Waals surface area contributed by atoms with Crippen molar-refractivity contribution in [2.45, 2.75) is 44.7 Å². The maximum absolute atomic E-state index is 14.2. The number of carbonyl (C=O) groups excluding carboxylic acids is 1. The lowest BCUT2D eigenvalue weighted by Crippen LogP contribution is -2.17. The molecule has 0 amide bonds. The summed E-state index contributed by atoms with van der Waals surface area (Å²) >= 11 is 6.35. The smallest absolute Gasteiger partial charge is 0.452 e. The van der Waals surface area contributed by atoms with E-state index < -0.39 is 30.2 Å². The Morgan fingerprint density at radius 1 is 1.10 bits per heavy atom. The molecule has 0 unspecified atom stereocenters. The molecule has 0 spiro atoms. The molecule has 0 fully saturated rings. The van der Waals surface area contributed by atoms with Gasteiger partial charge in [-0.25, -0.2) is 0 Å². The standard InChI is InChI=1S/C26H25ClF3N7O5/c1-4-41-21(38)13-20-31-35-36(34-20)11-10-19-24-32-33-25(26(28,29)30)37(24)17-9-8-14(27)12-16(17)22(42-19)15-6-5-7-18(39-2)23(15)40-3/h5-9,12,19,22H,4,10-11,13H2,1-3H3/t19-,22-/m0/s1. The molecule has 0 saturated heterocycles. The number of aryl methyl sites for hydroxylation is 1. The van der Waals surface area contributed by atoms with E-state index in [1.165, 1.54) is 37.2 Å². The lowest BCUT2D eigenvalue weighted by atomic mass is 9.98. The van der Waals surface area contributed by atoms with Crippen LogP contribution in [-0.4, -0.2) is 61.8 Å². The van der Waals surface area contributed by atoms with Gasteiger partial charge in [0.25, 0.3) is 0 Å². The largest absolute Gasteiger partial charge is 0.493 e. The summed E-state index contributed by atoms with van der Waals surface area (Å²) < 4.78 is 66.1. The number of halogens is 4. The fraction of sp³-hybridized carbons (Fsp3) is 0.385. The number of nitrogens with zero attached hydrogens (tertiary/aromatic N) is 7. The molecule has 222 valence electrons. The summed E-state index contributed by atoms with van der Waals surface area (Å²) in [5.74, 6) is -0.933. The molecule has 3 heterocycles. The highest BCUT2D eigenvalue weighted by atomic mass is 35.5.